The van der Waals surface area contributed by atoms with Gasteiger partial charge in [0.1, 0.15) is 0 Å². The number of rotatable bonds is 8. The Bertz CT molecular complexity index is 279. The van der Waals surface area contributed by atoms with E-state index in [4.69, 9.17) is 0 Å². The van der Waals surface area contributed by atoms with Crippen LogP contribution in [0.5, 0.6) is 0 Å². The van der Waals surface area contributed by atoms with E-state index in [0.717, 1.165) is 64.6 Å². The molecule has 3 nitrogen and oxygen atoms in total. The Morgan fingerprint density at radius 1 is 1.20 bits per heavy atom. The van der Waals surface area contributed by atoms with Gasteiger partial charge in [0, 0.05) is 12.6 Å². The third-order valence-electron chi connectivity index (χ3n) is 4.88. The average Bonchev–Trinajstić information content (AvgIpc) is 2.48. The van der Waals surface area contributed by atoms with E-state index in [9.17, 15) is 4.79 Å². The van der Waals surface area contributed by atoms with Crippen LogP contribution in [-0.4, -0.2) is 36.5 Å². The predicted octanol–water partition coefficient (Wildman–Crippen LogP) is 3.58. The van der Waals surface area contributed by atoms with E-state index in [1.54, 1.807) is 0 Å². The molecule has 0 aromatic carbocycles. The van der Waals surface area contributed by atoms with Crippen molar-refractivity contribution in [2.75, 3.05) is 19.6 Å². The van der Waals surface area contributed by atoms with Gasteiger partial charge in [-0.1, -0.05) is 33.6 Å². The summed E-state index contributed by atoms with van der Waals surface area (Å²) in [6, 6.07) is 0.373. The summed E-state index contributed by atoms with van der Waals surface area (Å²) in [6.45, 7) is 11.7. The van der Waals surface area contributed by atoms with Crippen molar-refractivity contribution in [1.29, 1.82) is 0 Å². The highest BCUT2D eigenvalue weighted by molar-refractivity contribution is 5.83. The van der Waals surface area contributed by atoms with Crippen molar-refractivity contribution in [1.82, 2.24) is 10.2 Å². The lowest BCUT2D eigenvalue weighted by Crippen LogP contribution is -2.52. The summed E-state index contributed by atoms with van der Waals surface area (Å²) < 4.78 is 0. The highest BCUT2D eigenvalue weighted by Crippen LogP contribution is 2.37. The second-order valence-electron chi connectivity index (χ2n) is 6.39. The van der Waals surface area contributed by atoms with Crippen molar-refractivity contribution in [3.05, 3.63) is 0 Å². The van der Waals surface area contributed by atoms with E-state index in [2.05, 4.69) is 37.9 Å². The van der Waals surface area contributed by atoms with Crippen LogP contribution in [0.15, 0.2) is 0 Å². The summed E-state index contributed by atoms with van der Waals surface area (Å²) in [5.74, 6) is 0.434. The maximum absolute atomic E-state index is 13.2. The Labute approximate surface area is 125 Å². The SMILES string of the molecule is CCCCN(C(=O)C1(CCC)CCNCC1)C(C)CC. The molecular weight excluding hydrogens is 248 g/mol. The van der Waals surface area contributed by atoms with Gasteiger partial charge < -0.3 is 10.2 Å². The van der Waals surface area contributed by atoms with Gasteiger partial charge >= 0.3 is 0 Å². The molecule has 1 rings (SSSR count). The van der Waals surface area contributed by atoms with Crippen LogP contribution in [-0.2, 0) is 4.79 Å². The molecule has 1 aliphatic heterocycles. The van der Waals surface area contributed by atoms with Gasteiger partial charge in [0.25, 0.3) is 0 Å². The maximum Gasteiger partial charge on any atom is 0.229 e. The number of nitrogens with one attached hydrogen (secondary N) is 1. The van der Waals surface area contributed by atoms with E-state index >= 15 is 0 Å². The van der Waals surface area contributed by atoms with E-state index in [1.165, 1.54) is 0 Å². The lowest BCUT2D eigenvalue weighted by Gasteiger charge is -2.42. The first kappa shape index (κ1) is 17.5. The van der Waals surface area contributed by atoms with Crippen LogP contribution in [0.3, 0.4) is 0 Å². The fraction of sp³-hybridized carbons (Fsp3) is 0.941. The number of carbonyl (C=O) groups excluding carboxylic acids is 1. The molecule has 1 unspecified atom stereocenters. The lowest BCUT2D eigenvalue weighted by atomic mass is 9.74. The second-order valence-corrected chi connectivity index (χ2v) is 6.39. The molecule has 1 heterocycles. The van der Waals surface area contributed by atoms with Crippen molar-refractivity contribution in [2.45, 2.75) is 78.7 Å². The number of piperidine rings is 1. The number of carbonyl (C=O) groups is 1. The van der Waals surface area contributed by atoms with Gasteiger partial charge in [-0.3, -0.25) is 4.79 Å². The Kier molecular flexibility index (Phi) is 7.57. The second kappa shape index (κ2) is 8.66. The molecule has 0 aromatic heterocycles. The van der Waals surface area contributed by atoms with Crippen LogP contribution in [0, 0.1) is 5.41 Å². The van der Waals surface area contributed by atoms with Gasteiger partial charge in [-0.15, -0.1) is 0 Å². The average molecular weight is 282 g/mol. The van der Waals surface area contributed by atoms with Crippen molar-refractivity contribution in [3.8, 4) is 0 Å². The molecule has 1 amide bonds. The smallest absolute Gasteiger partial charge is 0.229 e. The quantitative estimate of drug-likeness (QED) is 0.738. The molecule has 1 saturated heterocycles. The molecule has 1 atom stereocenters. The fourth-order valence-electron chi connectivity index (χ4n) is 3.33. The molecule has 118 valence electrons. The molecule has 1 aliphatic rings. The summed E-state index contributed by atoms with van der Waals surface area (Å²) in [5.41, 5.74) is -0.0861. The molecule has 0 spiro atoms. The standard InChI is InChI=1S/C17H34N2O/c1-5-8-14-19(15(4)7-3)16(20)17(9-6-2)10-12-18-13-11-17/h15,18H,5-14H2,1-4H3. The van der Waals surface area contributed by atoms with Gasteiger partial charge in [-0.2, -0.15) is 0 Å². The van der Waals surface area contributed by atoms with Crippen LogP contribution in [0.2, 0.25) is 0 Å². The van der Waals surface area contributed by atoms with E-state index < -0.39 is 0 Å². The van der Waals surface area contributed by atoms with E-state index in [1.807, 2.05) is 0 Å². The summed E-state index contributed by atoms with van der Waals surface area (Å²) in [4.78, 5) is 15.4. The van der Waals surface area contributed by atoms with E-state index in [0.29, 0.717) is 11.9 Å². The van der Waals surface area contributed by atoms with Crippen LogP contribution in [0.4, 0.5) is 0 Å². The molecular formula is C17H34N2O. The first-order valence-corrected chi connectivity index (χ1v) is 8.63. The molecule has 3 heteroatoms. The topological polar surface area (TPSA) is 32.3 Å². The zero-order valence-electron chi connectivity index (χ0n) is 14.0. The predicted molar refractivity (Wildman–Crippen MR) is 85.8 cm³/mol. The van der Waals surface area contributed by atoms with Gasteiger partial charge in [0.2, 0.25) is 5.91 Å². The molecule has 0 aromatic rings. The normalized spacial score (nSPS) is 19.6. The molecule has 1 N–H and O–H groups in total. The minimum atomic E-state index is -0.0861. The third-order valence-corrected chi connectivity index (χ3v) is 4.88. The van der Waals surface area contributed by atoms with E-state index in [-0.39, 0.29) is 5.41 Å². The number of hydrogen-bond acceptors (Lipinski definition) is 2. The van der Waals surface area contributed by atoms with Crippen LogP contribution in [0.25, 0.3) is 0 Å². The van der Waals surface area contributed by atoms with Crippen molar-refractivity contribution in [2.24, 2.45) is 5.41 Å². The number of unbranched alkanes of at least 4 members (excludes halogenated alkanes) is 1. The number of nitrogens with zero attached hydrogens (tertiary/aromatic N) is 1. The Hall–Kier alpha value is -0.570. The summed E-state index contributed by atoms with van der Waals surface area (Å²) in [7, 11) is 0. The van der Waals surface area contributed by atoms with Gasteiger partial charge in [0.15, 0.2) is 0 Å². The molecule has 0 saturated carbocycles. The zero-order valence-corrected chi connectivity index (χ0v) is 14.0. The summed E-state index contributed by atoms with van der Waals surface area (Å²) >= 11 is 0. The van der Waals surface area contributed by atoms with Crippen LogP contribution < -0.4 is 5.32 Å². The molecule has 0 aliphatic carbocycles. The van der Waals surface area contributed by atoms with Gasteiger partial charge in [0.05, 0.1) is 5.41 Å². The largest absolute Gasteiger partial charge is 0.340 e. The zero-order chi connectivity index (χ0) is 15.0. The molecule has 1 fully saturated rings. The first-order valence-electron chi connectivity index (χ1n) is 8.63. The lowest BCUT2D eigenvalue weighted by molar-refractivity contribution is -0.146. The minimum absolute atomic E-state index is 0.0861. The summed E-state index contributed by atoms with van der Waals surface area (Å²) in [5, 5.41) is 3.41. The van der Waals surface area contributed by atoms with Crippen molar-refractivity contribution >= 4 is 5.91 Å². The molecule has 0 radical (unpaired) electrons. The van der Waals surface area contributed by atoms with Crippen LogP contribution >= 0.6 is 0 Å². The molecule has 0 bridgehead atoms. The maximum atomic E-state index is 13.2. The Morgan fingerprint density at radius 2 is 1.85 bits per heavy atom. The monoisotopic (exact) mass is 282 g/mol. The fourth-order valence-corrected chi connectivity index (χ4v) is 3.33. The number of hydrogen-bond donors (Lipinski definition) is 1. The van der Waals surface area contributed by atoms with Crippen LogP contribution in [0.1, 0.15) is 72.6 Å². The highest BCUT2D eigenvalue weighted by Gasteiger charge is 2.41. The number of amides is 1. The van der Waals surface area contributed by atoms with Crippen molar-refractivity contribution in [3.63, 3.8) is 0 Å². The Morgan fingerprint density at radius 3 is 2.35 bits per heavy atom. The van der Waals surface area contributed by atoms with Gasteiger partial charge in [-0.05, 0) is 52.1 Å². The Balaban J connectivity index is 2.87. The first-order chi connectivity index (χ1) is 9.61. The highest BCUT2D eigenvalue weighted by atomic mass is 16.2. The van der Waals surface area contributed by atoms with Gasteiger partial charge in [-0.25, -0.2) is 0 Å². The minimum Gasteiger partial charge on any atom is -0.340 e. The third kappa shape index (κ3) is 4.21. The summed E-state index contributed by atoms with van der Waals surface area (Å²) in [6.07, 6.45) is 7.51. The molecule has 20 heavy (non-hydrogen) atoms. The van der Waals surface area contributed by atoms with Crippen molar-refractivity contribution < 1.29 is 4.79 Å².